The average molecular weight is 691 g/mol. The van der Waals surface area contributed by atoms with Gasteiger partial charge in [-0.25, -0.2) is 0 Å². The van der Waals surface area contributed by atoms with E-state index in [1.54, 1.807) is 14.0 Å². The normalized spacial score (nSPS) is 15.2. The number of methoxy groups -OCH3 is 1. The second-order valence-electron chi connectivity index (χ2n) is 14.9. The zero-order valence-corrected chi connectivity index (χ0v) is 31.5. The molecule has 51 heavy (non-hydrogen) atoms. The van der Waals surface area contributed by atoms with E-state index in [-0.39, 0.29) is 11.7 Å². The lowest BCUT2D eigenvalue weighted by Crippen LogP contribution is -2.47. The van der Waals surface area contributed by atoms with E-state index in [1.165, 1.54) is 31.5 Å². The van der Waals surface area contributed by atoms with Crippen LogP contribution in [0.25, 0.3) is 0 Å². The molecule has 6 nitrogen and oxygen atoms in total. The Morgan fingerprint density at radius 2 is 1.39 bits per heavy atom. The van der Waals surface area contributed by atoms with E-state index in [0.717, 1.165) is 85.6 Å². The first kappa shape index (κ1) is 38.3. The van der Waals surface area contributed by atoms with Crippen molar-refractivity contribution in [1.29, 1.82) is 0 Å². The fourth-order valence-electron chi connectivity index (χ4n) is 8.00. The molecule has 4 aromatic rings. The Morgan fingerprint density at radius 1 is 0.784 bits per heavy atom. The third kappa shape index (κ3) is 10.3. The molecule has 0 aromatic heterocycles. The smallest absolute Gasteiger partial charge is 0.145 e. The number of ether oxygens (including phenoxy) is 2. The van der Waals surface area contributed by atoms with E-state index < -0.39 is 5.41 Å². The van der Waals surface area contributed by atoms with Crippen LogP contribution in [0.1, 0.15) is 55.7 Å². The number of rotatable bonds is 21. The van der Waals surface area contributed by atoms with Gasteiger partial charge in [-0.05, 0) is 74.4 Å². The molecular weight excluding hydrogens is 631 g/mol. The van der Waals surface area contributed by atoms with Gasteiger partial charge in [-0.3, -0.25) is 4.79 Å². The van der Waals surface area contributed by atoms with Gasteiger partial charge in [-0.1, -0.05) is 103 Å². The predicted molar refractivity (Wildman–Crippen MR) is 211 cm³/mol. The Labute approximate surface area is 307 Å². The summed E-state index contributed by atoms with van der Waals surface area (Å²) in [5, 5.41) is 0. The summed E-state index contributed by atoms with van der Waals surface area (Å²) < 4.78 is 12.4. The van der Waals surface area contributed by atoms with Gasteiger partial charge < -0.3 is 23.8 Å². The minimum Gasteiger partial charge on any atom is -0.496 e. The van der Waals surface area contributed by atoms with Crippen LogP contribution >= 0.6 is 0 Å². The Morgan fingerprint density at radius 3 is 2.04 bits per heavy atom. The van der Waals surface area contributed by atoms with Crippen LogP contribution in [0.3, 0.4) is 0 Å². The molecule has 0 saturated carbocycles. The number of Topliss-reactive ketones (excluding diaryl/α,β-unsaturated/α-hetero) is 1. The molecule has 0 bridgehead atoms. The molecule has 0 spiro atoms. The van der Waals surface area contributed by atoms with E-state index in [0.29, 0.717) is 6.61 Å². The third-order valence-corrected chi connectivity index (χ3v) is 10.9. The standard InChI is InChI=1S/C45H60N3O3/c1-38(49)45(40-21-10-7-11-22-40,41-23-12-8-13-24-41)42-28-29-46(36-42)30-31-47(43-25-14-9-15-26-43)32-34-48(2,3)33-18-5-6-19-35-51-37-39-20-16-17-27-44(39)50-4/h7-17,20-27,42H,5-6,18-19,28-37H2,1-4H3/q+1. The number of anilines is 1. The number of hydrogen-bond donors (Lipinski definition) is 0. The topological polar surface area (TPSA) is 42.0 Å². The van der Waals surface area contributed by atoms with Crippen molar-refractivity contribution in [2.24, 2.45) is 5.92 Å². The molecule has 1 atom stereocenters. The highest BCUT2D eigenvalue weighted by atomic mass is 16.5. The lowest BCUT2D eigenvalue weighted by molar-refractivity contribution is -0.889. The van der Waals surface area contributed by atoms with Crippen LogP contribution in [0.2, 0.25) is 0 Å². The number of carbonyl (C=O) groups excluding carboxylic acids is 1. The number of likely N-dealkylation sites (tertiary alicyclic amines) is 1. The van der Waals surface area contributed by atoms with E-state index in [2.05, 4.69) is 109 Å². The van der Waals surface area contributed by atoms with Gasteiger partial charge in [0.1, 0.15) is 11.5 Å². The summed E-state index contributed by atoms with van der Waals surface area (Å²) in [5.41, 5.74) is 3.97. The van der Waals surface area contributed by atoms with Crippen molar-refractivity contribution in [2.75, 3.05) is 78.5 Å². The monoisotopic (exact) mass is 690 g/mol. The average Bonchev–Trinajstić information content (AvgIpc) is 3.63. The second-order valence-corrected chi connectivity index (χ2v) is 14.9. The molecule has 272 valence electrons. The molecule has 1 heterocycles. The number of likely N-dealkylation sites (N-methyl/N-ethyl adjacent to an activating group) is 1. The van der Waals surface area contributed by atoms with E-state index >= 15 is 0 Å². The lowest BCUT2D eigenvalue weighted by atomic mass is 9.63. The second kappa shape index (κ2) is 19.0. The van der Waals surface area contributed by atoms with Gasteiger partial charge in [0.05, 0.1) is 52.9 Å². The number of nitrogens with zero attached hydrogens (tertiary/aromatic N) is 3. The van der Waals surface area contributed by atoms with Crippen LogP contribution in [0.4, 0.5) is 5.69 Å². The first-order valence-electron chi connectivity index (χ1n) is 19.0. The molecule has 1 saturated heterocycles. The van der Waals surface area contributed by atoms with Gasteiger partial charge in [0.2, 0.25) is 0 Å². The maximum Gasteiger partial charge on any atom is 0.145 e. The van der Waals surface area contributed by atoms with Gasteiger partial charge in [0.25, 0.3) is 0 Å². The Balaban J connectivity index is 1.11. The SMILES string of the molecule is COc1ccccc1COCCCCCC[N+](C)(C)CCN(CCN1CCC(C(C(C)=O)(c2ccccc2)c2ccccc2)C1)c1ccccc1. The molecule has 1 fully saturated rings. The summed E-state index contributed by atoms with van der Waals surface area (Å²) in [4.78, 5) is 18.9. The number of quaternary nitrogens is 1. The van der Waals surface area contributed by atoms with Crippen molar-refractivity contribution in [2.45, 2.75) is 51.0 Å². The van der Waals surface area contributed by atoms with Crippen molar-refractivity contribution < 1.29 is 18.8 Å². The highest BCUT2D eigenvalue weighted by Gasteiger charge is 2.48. The van der Waals surface area contributed by atoms with Crippen LogP contribution in [-0.4, -0.2) is 88.8 Å². The Kier molecular flexibility index (Phi) is 14.3. The maximum atomic E-state index is 13.8. The van der Waals surface area contributed by atoms with Crippen LogP contribution in [0, 0.1) is 5.92 Å². The molecule has 1 aliphatic rings. The summed E-state index contributed by atoms with van der Waals surface area (Å²) in [5.74, 6) is 1.35. The van der Waals surface area contributed by atoms with Gasteiger partial charge in [-0.2, -0.15) is 0 Å². The van der Waals surface area contributed by atoms with Crippen molar-refractivity contribution in [3.05, 3.63) is 132 Å². The summed E-state index contributed by atoms with van der Waals surface area (Å²) in [7, 11) is 6.46. The van der Waals surface area contributed by atoms with Crippen LogP contribution in [-0.2, 0) is 21.6 Å². The molecule has 0 amide bonds. The molecule has 5 rings (SSSR count). The zero-order valence-electron chi connectivity index (χ0n) is 31.5. The van der Waals surface area contributed by atoms with Crippen molar-refractivity contribution in [1.82, 2.24) is 4.90 Å². The Hall–Kier alpha value is -3.97. The van der Waals surface area contributed by atoms with E-state index in [4.69, 9.17) is 9.47 Å². The number of para-hydroxylation sites is 2. The molecule has 1 aliphatic heterocycles. The number of carbonyl (C=O) groups is 1. The molecule has 0 aliphatic carbocycles. The minimum absolute atomic E-state index is 0.222. The highest BCUT2D eigenvalue weighted by Crippen LogP contribution is 2.44. The third-order valence-electron chi connectivity index (χ3n) is 10.9. The first-order chi connectivity index (χ1) is 24.8. The maximum absolute atomic E-state index is 13.8. The van der Waals surface area contributed by atoms with Gasteiger partial charge in [-0.15, -0.1) is 0 Å². The highest BCUT2D eigenvalue weighted by molar-refractivity contribution is 5.92. The van der Waals surface area contributed by atoms with Crippen LogP contribution in [0.5, 0.6) is 5.75 Å². The largest absolute Gasteiger partial charge is 0.496 e. The first-order valence-corrected chi connectivity index (χ1v) is 19.0. The predicted octanol–water partition coefficient (Wildman–Crippen LogP) is 8.25. The van der Waals surface area contributed by atoms with Crippen molar-refractivity contribution >= 4 is 11.5 Å². The van der Waals surface area contributed by atoms with Crippen molar-refractivity contribution in [3.63, 3.8) is 0 Å². The van der Waals surface area contributed by atoms with Gasteiger partial charge >= 0.3 is 0 Å². The van der Waals surface area contributed by atoms with Gasteiger partial charge in [0, 0.05) is 37.5 Å². The number of unbranched alkanes of at least 4 members (excludes halogenated alkanes) is 3. The lowest BCUT2D eigenvalue weighted by Gasteiger charge is -2.38. The molecule has 0 radical (unpaired) electrons. The number of benzene rings is 4. The minimum atomic E-state index is -0.638. The van der Waals surface area contributed by atoms with Gasteiger partial charge in [0.15, 0.2) is 0 Å². The van der Waals surface area contributed by atoms with E-state index in [1.807, 2.05) is 30.3 Å². The van der Waals surface area contributed by atoms with Crippen LogP contribution < -0.4 is 9.64 Å². The summed E-state index contributed by atoms with van der Waals surface area (Å²) in [6, 6.07) is 39.9. The Bertz CT molecular complexity index is 1560. The quantitative estimate of drug-likeness (QED) is 0.0651. The van der Waals surface area contributed by atoms with Crippen molar-refractivity contribution in [3.8, 4) is 5.75 Å². The van der Waals surface area contributed by atoms with Crippen LogP contribution in [0.15, 0.2) is 115 Å². The molecular formula is C45H60N3O3+. The summed E-state index contributed by atoms with van der Waals surface area (Å²) in [6.45, 7) is 10.3. The van der Waals surface area contributed by atoms with E-state index in [9.17, 15) is 4.79 Å². The summed E-state index contributed by atoms with van der Waals surface area (Å²) >= 11 is 0. The number of hydrogen-bond acceptors (Lipinski definition) is 5. The number of ketones is 1. The fraction of sp³-hybridized carbons (Fsp3) is 0.444. The molecule has 0 N–H and O–H groups in total. The summed E-state index contributed by atoms with van der Waals surface area (Å²) in [6.07, 6.45) is 5.74. The zero-order chi connectivity index (χ0) is 35.9. The fourth-order valence-corrected chi connectivity index (χ4v) is 8.00. The molecule has 1 unspecified atom stereocenters. The molecule has 6 heteroatoms. The molecule has 4 aromatic carbocycles.